The molecule has 0 bridgehead atoms. The molecule has 15 heavy (non-hydrogen) atoms. The fourth-order valence-electron chi connectivity index (χ4n) is 1.27. The Morgan fingerprint density at radius 3 is 1.53 bits per heavy atom. The molecule has 0 saturated carbocycles. The zero-order chi connectivity index (χ0) is 11.5. The molecular weight excluding hydrogens is 328 g/mol. The predicted molar refractivity (Wildman–Crippen MR) is 69.2 cm³/mol. The van der Waals surface area contributed by atoms with E-state index in [0.717, 1.165) is 23.5 Å². The van der Waals surface area contributed by atoms with Gasteiger partial charge in [0, 0.05) is 24.9 Å². The van der Waals surface area contributed by atoms with E-state index in [0.29, 0.717) is 13.2 Å². The number of hydrogen-bond acceptors (Lipinski definition) is 3. The van der Waals surface area contributed by atoms with Crippen LogP contribution < -0.4 is 0 Å². The van der Waals surface area contributed by atoms with Gasteiger partial charge in [0.25, 0.3) is 0 Å². The van der Waals surface area contributed by atoms with Gasteiger partial charge in [-0.15, -0.1) is 0 Å². The van der Waals surface area contributed by atoms with Crippen molar-refractivity contribution in [3.8, 4) is 0 Å². The second-order valence-electron chi connectivity index (χ2n) is 3.25. The quantitative estimate of drug-likeness (QED) is 0.568. The van der Waals surface area contributed by atoms with E-state index in [1.807, 2.05) is 0 Å². The lowest BCUT2D eigenvalue weighted by Gasteiger charge is -2.23. The van der Waals surface area contributed by atoms with Gasteiger partial charge in [0.1, 0.15) is 0 Å². The van der Waals surface area contributed by atoms with E-state index in [2.05, 4.69) is 31.9 Å². The van der Waals surface area contributed by atoms with Crippen LogP contribution in [0, 0.1) is 0 Å². The molecule has 0 heterocycles. The van der Waals surface area contributed by atoms with Crippen LogP contribution in [0.3, 0.4) is 0 Å². The average molecular weight is 348 g/mol. The van der Waals surface area contributed by atoms with E-state index >= 15 is 0 Å². The molecule has 0 aromatic rings. The zero-order valence-corrected chi connectivity index (χ0v) is 12.6. The molecule has 0 N–H and O–H groups in total. The highest BCUT2D eigenvalue weighted by atomic mass is 79.9. The summed E-state index contributed by atoms with van der Waals surface area (Å²) in [5, 5.41) is 1.85. The highest BCUT2D eigenvalue weighted by molar-refractivity contribution is 9.09. The smallest absolute Gasteiger partial charge is 0.0821 e. The monoisotopic (exact) mass is 346 g/mol. The number of halogens is 2. The molecule has 0 radical (unpaired) electrons. The van der Waals surface area contributed by atoms with Crippen LogP contribution in [0.1, 0.15) is 12.8 Å². The van der Waals surface area contributed by atoms with Crippen molar-refractivity contribution in [2.75, 3.05) is 38.1 Å². The van der Waals surface area contributed by atoms with Gasteiger partial charge in [-0.3, -0.25) is 0 Å². The van der Waals surface area contributed by atoms with Crippen molar-refractivity contribution in [1.82, 2.24) is 0 Å². The molecule has 0 spiro atoms. The van der Waals surface area contributed by atoms with Crippen molar-refractivity contribution in [2.45, 2.75) is 25.0 Å². The molecule has 92 valence electrons. The van der Waals surface area contributed by atoms with Gasteiger partial charge < -0.3 is 14.2 Å². The van der Waals surface area contributed by atoms with Crippen molar-refractivity contribution < 1.29 is 14.2 Å². The first kappa shape index (κ1) is 15.8. The van der Waals surface area contributed by atoms with Crippen LogP contribution >= 0.6 is 31.9 Å². The maximum atomic E-state index is 5.90. The van der Waals surface area contributed by atoms with Crippen molar-refractivity contribution in [3.05, 3.63) is 0 Å². The number of methoxy groups -OCH3 is 2. The Hall–Kier alpha value is 0.840. The van der Waals surface area contributed by atoms with Gasteiger partial charge in [0.2, 0.25) is 0 Å². The fourth-order valence-corrected chi connectivity index (χ4v) is 2.29. The van der Waals surface area contributed by atoms with Crippen LogP contribution in [0.5, 0.6) is 0 Å². The molecule has 0 aromatic heterocycles. The van der Waals surface area contributed by atoms with Crippen molar-refractivity contribution in [1.29, 1.82) is 0 Å². The number of rotatable bonds is 10. The number of ether oxygens (including phenoxy) is 3. The summed E-state index contributed by atoms with van der Waals surface area (Å²) in [5.41, 5.74) is 0. The molecule has 0 fully saturated rings. The summed E-state index contributed by atoms with van der Waals surface area (Å²) < 4.78 is 16.1. The largest absolute Gasteiger partial charge is 0.382 e. The minimum absolute atomic E-state index is 0.147. The normalized spacial score (nSPS) is 15.2. The fraction of sp³-hybridized carbons (Fsp3) is 1.00. The van der Waals surface area contributed by atoms with Crippen LogP contribution in [0.15, 0.2) is 0 Å². The SMILES string of the molecule is COCC(CCBr)OC(CCBr)COC. The van der Waals surface area contributed by atoms with Crippen molar-refractivity contribution in [2.24, 2.45) is 0 Å². The molecule has 0 aliphatic carbocycles. The third-order valence-electron chi connectivity index (χ3n) is 1.95. The molecule has 0 aromatic carbocycles. The summed E-state index contributed by atoms with van der Waals surface area (Å²) in [6.45, 7) is 1.27. The molecular formula is C10H20Br2O3. The van der Waals surface area contributed by atoms with Gasteiger partial charge in [0.15, 0.2) is 0 Å². The third-order valence-corrected chi connectivity index (χ3v) is 2.87. The Bertz CT molecular complexity index is 110. The van der Waals surface area contributed by atoms with Crippen molar-refractivity contribution in [3.63, 3.8) is 0 Å². The second kappa shape index (κ2) is 11.3. The summed E-state index contributed by atoms with van der Waals surface area (Å²) in [6.07, 6.45) is 2.20. The minimum atomic E-state index is 0.147. The Balaban J connectivity index is 3.93. The summed E-state index contributed by atoms with van der Waals surface area (Å²) in [4.78, 5) is 0. The molecule has 3 nitrogen and oxygen atoms in total. The molecule has 0 rings (SSSR count). The van der Waals surface area contributed by atoms with E-state index in [9.17, 15) is 0 Å². The van der Waals surface area contributed by atoms with Crippen LogP contribution in [0.25, 0.3) is 0 Å². The zero-order valence-electron chi connectivity index (χ0n) is 9.38. The highest BCUT2D eigenvalue weighted by Gasteiger charge is 2.15. The standard InChI is InChI=1S/C10H20Br2O3/c1-13-7-9(3-5-11)15-10(4-6-12)8-14-2/h9-10H,3-8H2,1-2H3. The van der Waals surface area contributed by atoms with Gasteiger partial charge in [-0.25, -0.2) is 0 Å². The lowest BCUT2D eigenvalue weighted by Crippen LogP contribution is -2.29. The third kappa shape index (κ3) is 8.63. The maximum absolute atomic E-state index is 5.90. The highest BCUT2D eigenvalue weighted by Crippen LogP contribution is 2.10. The summed E-state index contributed by atoms with van der Waals surface area (Å²) in [5.74, 6) is 0. The van der Waals surface area contributed by atoms with Crippen LogP contribution in [0.2, 0.25) is 0 Å². The first-order chi connectivity index (χ1) is 7.28. The Kier molecular flexibility index (Phi) is 12.0. The number of alkyl halides is 2. The topological polar surface area (TPSA) is 27.7 Å². The molecule has 2 unspecified atom stereocenters. The second-order valence-corrected chi connectivity index (χ2v) is 4.83. The van der Waals surface area contributed by atoms with E-state index in [4.69, 9.17) is 14.2 Å². The van der Waals surface area contributed by atoms with E-state index in [-0.39, 0.29) is 12.2 Å². The van der Waals surface area contributed by atoms with E-state index in [1.54, 1.807) is 14.2 Å². The molecule has 0 amide bonds. The summed E-state index contributed by atoms with van der Waals surface area (Å²) in [7, 11) is 3.39. The lowest BCUT2D eigenvalue weighted by molar-refractivity contribution is -0.0742. The first-order valence-electron chi connectivity index (χ1n) is 5.03. The minimum Gasteiger partial charge on any atom is -0.382 e. The first-order valence-corrected chi connectivity index (χ1v) is 7.28. The Morgan fingerprint density at radius 1 is 0.867 bits per heavy atom. The Labute approximate surface area is 109 Å². The van der Waals surface area contributed by atoms with Gasteiger partial charge in [-0.1, -0.05) is 31.9 Å². The van der Waals surface area contributed by atoms with E-state index < -0.39 is 0 Å². The molecule has 0 aliphatic rings. The van der Waals surface area contributed by atoms with Crippen LogP contribution in [-0.4, -0.2) is 50.3 Å². The van der Waals surface area contributed by atoms with Gasteiger partial charge in [-0.2, -0.15) is 0 Å². The molecule has 2 atom stereocenters. The van der Waals surface area contributed by atoms with Crippen LogP contribution in [-0.2, 0) is 14.2 Å². The Morgan fingerprint density at radius 2 is 1.27 bits per heavy atom. The summed E-state index contributed by atoms with van der Waals surface area (Å²) in [6, 6.07) is 0. The molecule has 0 saturated heterocycles. The molecule has 0 aliphatic heterocycles. The van der Waals surface area contributed by atoms with E-state index in [1.165, 1.54) is 0 Å². The van der Waals surface area contributed by atoms with Crippen molar-refractivity contribution >= 4 is 31.9 Å². The number of hydrogen-bond donors (Lipinski definition) is 0. The van der Waals surface area contributed by atoms with Gasteiger partial charge >= 0.3 is 0 Å². The predicted octanol–water partition coefficient (Wildman–Crippen LogP) is 2.60. The maximum Gasteiger partial charge on any atom is 0.0821 e. The van der Waals surface area contributed by atoms with Gasteiger partial charge in [0.05, 0.1) is 25.4 Å². The molecule has 5 heteroatoms. The van der Waals surface area contributed by atoms with Gasteiger partial charge in [-0.05, 0) is 12.8 Å². The lowest BCUT2D eigenvalue weighted by atomic mass is 10.2. The van der Waals surface area contributed by atoms with Crippen LogP contribution in [0.4, 0.5) is 0 Å². The summed E-state index contributed by atoms with van der Waals surface area (Å²) >= 11 is 6.82. The average Bonchev–Trinajstić information content (AvgIpc) is 2.19.